The summed E-state index contributed by atoms with van der Waals surface area (Å²) in [5, 5.41) is 4.91. The standard InChI is InChI=1S/C22H23ClN2O2S/c23-19-9-3-1-6-16(19)13-25-14-21(18-8-2-4-10-20(18)25)28-15-22(26)24-12-17-7-5-11-27-17/h1-4,6,8-10,14,17H,5,7,11-13,15H2,(H,24,26)/t17-/m0/s1. The number of benzene rings is 2. The molecule has 2 heterocycles. The lowest BCUT2D eigenvalue weighted by Gasteiger charge is -2.10. The lowest BCUT2D eigenvalue weighted by Crippen LogP contribution is -2.32. The summed E-state index contributed by atoms with van der Waals surface area (Å²) >= 11 is 7.91. The topological polar surface area (TPSA) is 43.3 Å². The van der Waals surface area contributed by atoms with Crippen LogP contribution in [0.2, 0.25) is 5.02 Å². The summed E-state index contributed by atoms with van der Waals surface area (Å²) in [5.41, 5.74) is 2.22. The Kier molecular flexibility index (Phi) is 6.25. The number of ether oxygens (including phenoxy) is 1. The molecule has 1 aromatic heterocycles. The van der Waals surface area contributed by atoms with Crippen molar-refractivity contribution < 1.29 is 9.53 Å². The number of halogens is 1. The molecule has 4 nitrogen and oxygen atoms in total. The Morgan fingerprint density at radius 2 is 2.04 bits per heavy atom. The largest absolute Gasteiger partial charge is 0.376 e. The van der Waals surface area contributed by atoms with E-state index in [-0.39, 0.29) is 12.0 Å². The third-order valence-electron chi connectivity index (χ3n) is 4.96. The van der Waals surface area contributed by atoms with E-state index in [1.165, 1.54) is 0 Å². The molecule has 1 atom stereocenters. The van der Waals surface area contributed by atoms with Crippen LogP contribution >= 0.6 is 23.4 Å². The molecule has 28 heavy (non-hydrogen) atoms. The second kappa shape index (κ2) is 9.03. The minimum Gasteiger partial charge on any atom is -0.376 e. The first-order valence-electron chi connectivity index (χ1n) is 9.53. The van der Waals surface area contributed by atoms with E-state index in [2.05, 4.69) is 28.2 Å². The number of hydrogen-bond donors (Lipinski definition) is 1. The lowest BCUT2D eigenvalue weighted by atomic mass is 10.2. The van der Waals surface area contributed by atoms with Gasteiger partial charge in [0.05, 0.1) is 11.9 Å². The maximum atomic E-state index is 12.2. The Morgan fingerprint density at radius 3 is 2.86 bits per heavy atom. The molecule has 3 aromatic rings. The molecular weight excluding hydrogens is 392 g/mol. The molecule has 1 amide bonds. The van der Waals surface area contributed by atoms with Gasteiger partial charge in [0.1, 0.15) is 0 Å². The third kappa shape index (κ3) is 4.54. The zero-order valence-electron chi connectivity index (χ0n) is 15.6. The summed E-state index contributed by atoms with van der Waals surface area (Å²) in [6.07, 6.45) is 4.40. The summed E-state index contributed by atoms with van der Waals surface area (Å²) in [6, 6.07) is 16.2. The van der Waals surface area contributed by atoms with E-state index >= 15 is 0 Å². The Labute approximate surface area is 174 Å². The predicted molar refractivity (Wildman–Crippen MR) is 115 cm³/mol. The Bertz CT molecular complexity index is 966. The first kappa shape index (κ1) is 19.4. The molecular formula is C22H23ClN2O2S. The summed E-state index contributed by atoms with van der Waals surface area (Å²) in [5.74, 6) is 0.441. The van der Waals surface area contributed by atoms with Crippen LogP contribution in [-0.4, -0.2) is 35.5 Å². The monoisotopic (exact) mass is 414 g/mol. The molecule has 0 saturated carbocycles. The van der Waals surface area contributed by atoms with Crippen molar-refractivity contribution in [3.8, 4) is 0 Å². The van der Waals surface area contributed by atoms with Gasteiger partial charge in [0.25, 0.3) is 0 Å². The predicted octanol–water partition coefficient (Wildman–Crippen LogP) is 4.73. The van der Waals surface area contributed by atoms with Crippen LogP contribution in [0.1, 0.15) is 18.4 Å². The minimum atomic E-state index is 0.0448. The molecule has 0 unspecified atom stereocenters. The highest BCUT2D eigenvalue weighted by Crippen LogP contribution is 2.31. The second-order valence-electron chi connectivity index (χ2n) is 6.96. The number of nitrogens with zero attached hydrogens (tertiary/aromatic N) is 1. The van der Waals surface area contributed by atoms with Crippen LogP contribution in [0.3, 0.4) is 0 Å². The lowest BCUT2D eigenvalue weighted by molar-refractivity contribution is -0.119. The fourth-order valence-corrected chi connectivity index (χ4v) is 4.61. The van der Waals surface area contributed by atoms with E-state index in [0.717, 1.165) is 45.8 Å². The van der Waals surface area contributed by atoms with Crippen molar-refractivity contribution in [2.45, 2.75) is 30.4 Å². The van der Waals surface area contributed by atoms with E-state index in [1.807, 2.05) is 36.4 Å². The molecule has 1 fully saturated rings. The average molecular weight is 415 g/mol. The number of carbonyl (C=O) groups is 1. The van der Waals surface area contributed by atoms with Crippen LogP contribution in [0.5, 0.6) is 0 Å². The molecule has 146 valence electrons. The van der Waals surface area contributed by atoms with Crippen LogP contribution in [0, 0.1) is 0 Å². The number of hydrogen-bond acceptors (Lipinski definition) is 3. The van der Waals surface area contributed by atoms with Gasteiger partial charge in [-0.05, 0) is 30.5 Å². The zero-order chi connectivity index (χ0) is 19.3. The number of aromatic nitrogens is 1. The number of thioether (sulfide) groups is 1. The number of carbonyl (C=O) groups excluding carboxylic acids is 1. The van der Waals surface area contributed by atoms with Crippen molar-refractivity contribution >= 4 is 40.2 Å². The third-order valence-corrected chi connectivity index (χ3v) is 6.37. The van der Waals surface area contributed by atoms with Gasteiger partial charge in [0.2, 0.25) is 5.91 Å². The fraction of sp³-hybridized carbons (Fsp3) is 0.318. The van der Waals surface area contributed by atoms with Gasteiger partial charge in [-0.2, -0.15) is 0 Å². The van der Waals surface area contributed by atoms with Gasteiger partial charge in [0.15, 0.2) is 0 Å². The van der Waals surface area contributed by atoms with Gasteiger partial charge in [-0.3, -0.25) is 4.79 Å². The highest BCUT2D eigenvalue weighted by molar-refractivity contribution is 8.00. The summed E-state index contributed by atoms with van der Waals surface area (Å²) in [7, 11) is 0. The number of fused-ring (bicyclic) bond motifs is 1. The maximum absolute atomic E-state index is 12.2. The van der Waals surface area contributed by atoms with Gasteiger partial charge in [-0.1, -0.05) is 48.0 Å². The van der Waals surface area contributed by atoms with Gasteiger partial charge in [-0.15, -0.1) is 11.8 Å². The van der Waals surface area contributed by atoms with E-state index in [1.54, 1.807) is 11.8 Å². The molecule has 2 aromatic carbocycles. The molecule has 0 bridgehead atoms. The van der Waals surface area contributed by atoms with E-state index < -0.39 is 0 Å². The SMILES string of the molecule is O=C(CSc1cn(Cc2ccccc2Cl)c2ccccc12)NC[C@@H]1CCCO1. The van der Waals surface area contributed by atoms with Crippen molar-refractivity contribution in [3.63, 3.8) is 0 Å². The van der Waals surface area contributed by atoms with E-state index in [4.69, 9.17) is 16.3 Å². The molecule has 0 spiro atoms. The normalized spacial score (nSPS) is 16.5. The fourth-order valence-electron chi connectivity index (χ4n) is 3.50. The molecule has 0 aliphatic carbocycles. The maximum Gasteiger partial charge on any atom is 0.230 e. The number of amides is 1. The van der Waals surface area contributed by atoms with Gasteiger partial charge >= 0.3 is 0 Å². The van der Waals surface area contributed by atoms with E-state index in [9.17, 15) is 4.79 Å². The van der Waals surface area contributed by atoms with Crippen LogP contribution in [-0.2, 0) is 16.1 Å². The summed E-state index contributed by atoms with van der Waals surface area (Å²) in [4.78, 5) is 13.3. The van der Waals surface area contributed by atoms with Crippen LogP contribution in [0.25, 0.3) is 10.9 Å². The van der Waals surface area contributed by atoms with Crippen LogP contribution in [0.4, 0.5) is 0 Å². The quantitative estimate of drug-likeness (QED) is 0.568. The zero-order valence-corrected chi connectivity index (χ0v) is 17.1. The highest BCUT2D eigenvalue weighted by atomic mass is 35.5. The van der Waals surface area contributed by atoms with Crippen molar-refractivity contribution in [2.24, 2.45) is 0 Å². The second-order valence-corrected chi connectivity index (χ2v) is 8.38. The Hall–Kier alpha value is -1.95. The first-order chi connectivity index (χ1) is 13.7. The number of nitrogens with one attached hydrogen (secondary N) is 1. The van der Waals surface area contributed by atoms with Crippen molar-refractivity contribution in [1.29, 1.82) is 0 Å². The minimum absolute atomic E-state index is 0.0448. The summed E-state index contributed by atoms with van der Waals surface area (Å²) < 4.78 is 7.76. The number of para-hydroxylation sites is 1. The highest BCUT2D eigenvalue weighted by Gasteiger charge is 2.17. The van der Waals surface area contributed by atoms with Crippen molar-refractivity contribution in [2.75, 3.05) is 18.9 Å². The molecule has 0 radical (unpaired) electrons. The van der Waals surface area contributed by atoms with E-state index in [0.29, 0.717) is 18.8 Å². The van der Waals surface area contributed by atoms with Crippen LogP contribution in [0.15, 0.2) is 59.6 Å². The Morgan fingerprint density at radius 1 is 1.21 bits per heavy atom. The van der Waals surface area contributed by atoms with Gasteiger partial charge in [-0.25, -0.2) is 0 Å². The average Bonchev–Trinajstić information content (AvgIpc) is 3.35. The molecule has 1 aliphatic heterocycles. The smallest absolute Gasteiger partial charge is 0.230 e. The first-order valence-corrected chi connectivity index (χ1v) is 10.9. The number of rotatable bonds is 7. The van der Waals surface area contributed by atoms with Crippen LogP contribution < -0.4 is 5.32 Å². The molecule has 1 saturated heterocycles. The molecule has 1 aliphatic rings. The Balaban J connectivity index is 1.45. The molecule has 4 rings (SSSR count). The van der Waals surface area contributed by atoms with Crippen molar-refractivity contribution in [3.05, 3.63) is 65.3 Å². The molecule has 6 heteroatoms. The summed E-state index contributed by atoms with van der Waals surface area (Å²) in [6.45, 7) is 2.11. The van der Waals surface area contributed by atoms with Gasteiger partial charge in [0, 0.05) is 46.7 Å². The molecule has 1 N–H and O–H groups in total. The van der Waals surface area contributed by atoms with Crippen molar-refractivity contribution in [1.82, 2.24) is 9.88 Å². The van der Waals surface area contributed by atoms with Gasteiger partial charge < -0.3 is 14.6 Å².